The van der Waals surface area contributed by atoms with Crippen LogP contribution in [0.4, 0.5) is 0 Å². The minimum absolute atomic E-state index is 0.587. The monoisotopic (exact) mass is 245 g/mol. The first-order chi connectivity index (χ1) is 6.95. The van der Waals surface area contributed by atoms with Gasteiger partial charge in [0.05, 0.1) is 0 Å². The van der Waals surface area contributed by atoms with Gasteiger partial charge in [-0.1, -0.05) is 59.2 Å². The Bertz CT molecular complexity index is 160. The number of hydrogen-bond acceptors (Lipinski definition) is 1. The third-order valence-electron chi connectivity index (χ3n) is 3.73. The Morgan fingerprint density at radius 1 is 1.07 bits per heavy atom. The Balaban J connectivity index is 4.07. The van der Waals surface area contributed by atoms with Crippen LogP contribution in [0.2, 0.25) is 31.7 Å². The van der Waals surface area contributed by atoms with Gasteiger partial charge in [-0.2, -0.15) is 0 Å². The summed E-state index contributed by atoms with van der Waals surface area (Å²) < 4.78 is 2.85. The summed E-state index contributed by atoms with van der Waals surface area (Å²) in [6.07, 6.45) is 5.59. The summed E-state index contributed by atoms with van der Waals surface area (Å²) in [5, 5.41) is 0. The van der Waals surface area contributed by atoms with E-state index >= 15 is 0 Å². The summed E-state index contributed by atoms with van der Waals surface area (Å²) in [5.74, 6) is 0. The maximum Gasteiger partial charge on any atom is 0.115 e. The molecule has 0 aliphatic heterocycles. The van der Waals surface area contributed by atoms with Crippen LogP contribution in [-0.4, -0.2) is 28.5 Å². The largest absolute Gasteiger partial charge is 0.351 e. The van der Waals surface area contributed by atoms with E-state index in [1.165, 1.54) is 37.8 Å². The molecule has 1 nitrogen and oxygen atoms in total. The molecule has 0 aromatic rings. The van der Waals surface area contributed by atoms with Crippen molar-refractivity contribution in [1.82, 2.24) is 4.23 Å². The molecule has 92 valence electrons. The van der Waals surface area contributed by atoms with Crippen molar-refractivity contribution in [2.45, 2.75) is 71.3 Å². The van der Waals surface area contributed by atoms with Gasteiger partial charge in [-0.3, -0.25) is 0 Å². The Labute approximate surface area is 100 Å². The van der Waals surface area contributed by atoms with Crippen LogP contribution in [0.3, 0.4) is 0 Å². The molecule has 0 aliphatic carbocycles. The Kier molecular flexibility index (Phi) is 7.83. The minimum atomic E-state index is -1.05. The predicted molar refractivity (Wildman–Crippen MR) is 77.7 cm³/mol. The lowest BCUT2D eigenvalue weighted by Gasteiger charge is -2.38. The van der Waals surface area contributed by atoms with Gasteiger partial charge in [-0.15, -0.1) is 0 Å². The van der Waals surface area contributed by atoms with Gasteiger partial charge >= 0.3 is 0 Å². The quantitative estimate of drug-likeness (QED) is 0.583. The molecule has 0 heterocycles. The molecule has 0 aliphatic rings. The highest BCUT2D eigenvalue weighted by atomic mass is 28.4. The SMILES string of the molecule is CCCC[SiH](C)N(C)[Si](C)(C)CCCC. The maximum absolute atomic E-state index is 2.85. The number of rotatable bonds is 8. The molecule has 1 atom stereocenters. The zero-order valence-electron chi connectivity index (χ0n) is 11.8. The van der Waals surface area contributed by atoms with Crippen molar-refractivity contribution in [3.8, 4) is 0 Å². The van der Waals surface area contributed by atoms with Crippen LogP contribution in [0, 0.1) is 0 Å². The van der Waals surface area contributed by atoms with Crippen LogP contribution >= 0.6 is 0 Å². The van der Waals surface area contributed by atoms with Gasteiger partial charge in [0.25, 0.3) is 0 Å². The second kappa shape index (κ2) is 7.63. The number of hydrogen-bond donors (Lipinski definition) is 0. The smallest absolute Gasteiger partial charge is 0.115 e. The highest BCUT2D eigenvalue weighted by Gasteiger charge is 2.28. The van der Waals surface area contributed by atoms with Gasteiger partial charge in [-0.05, 0) is 19.1 Å². The van der Waals surface area contributed by atoms with Gasteiger partial charge < -0.3 is 4.23 Å². The van der Waals surface area contributed by atoms with Crippen LogP contribution in [-0.2, 0) is 0 Å². The van der Waals surface area contributed by atoms with E-state index < -0.39 is 17.2 Å². The molecule has 0 bridgehead atoms. The zero-order valence-corrected chi connectivity index (χ0v) is 13.9. The summed E-state index contributed by atoms with van der Waals surface area (Å²) in [6, 6.07) is 3.00. The molecule has 0 saturated heterocycles. The first-order valence-electron chi connectivity index (χ1n) is 6.68. The van der Waals surface area contributed by atoms with Gasteiger partial charge in [0, 0.05) is 0 Å². The van der Waals surface area contributed by atoms with Crippen LogP contribution in [0.5, 0.6) is 0 Å². The summed E-state index contributed by atoms with van der Waals surface area (Å²) in [4.78, 5) is 0. The van der Waals surface area contributed by atoms with Gasteiger partial charge in [-0.25, -0.2) is 0 Å². The predicted octanol–water partition coefficient (Wildman–Crippen LogP) is 4.08. The first-order valence-corrected chi connectivity index (χ1v) is 12.3. The lowest BCUT2D eigenvalue weighted by molar-refractivity contribution is 0.721. The standard InChI is InChI=1S/C12H31NSi2/c1-7-9-11-14(4)13(3)15(5,6)12-10-8-2/h14H,7-12H2,1-6H3. The fourth-order valence-corrected chi connectivity index (χ4v) is 10.6. The fourth-order valence-electron chi connectivity index (χ4n) is 2.08. The topological polar surface area (TPSA) is 3.24 Å². The third kappa shape index (κ3) is 5.88. The van der Waals surface area contributed by atoms with E-state index in [1.54, 1.807) is 0 Å². The lowest BCUT2D eigenvalue weighted by atomic mass is 10.4. The molecule has 0 rings (SSSR count). The van der Waals surface area contributed by atoms with Crippen LogP contribution in [0.15, 0.2) is 0 Å². The molecule has 0 aromatic heterocycles. The molecule has 3 heteroatoms. The van der Waals surface area contributed by atoms with E-state index in [1.807, 2.05) is 0 Å². The molecule has 0 radical (unpaired) electrons. The molecule has 0 aromatic carbocycles. The molecule has 0 fully saturated rings. The lowest BCUT2D eigenvalue weighted by Crippen LogP contribution is -2.52. The average Bonchev–Trinajstić information content (AvgIpc) is 2.21. The van der Waals surface area contributed by atoms with E-state index in [-0.39, 0.29) is 0 Å². The van der Waals surface area contributed by atoms with Crippen molar-refractivity contribution in [2.75, 3.05) is 7.05 Å². The van der Waals surface area contributed by atoms with E-state index in [0.717, 1.165) is 0 Å². The molecular formula is C12H31NSi2. The second-order valence-corrected chi connectivity index (χ2v) is 13.9. The van der Waals surface area contributed by atoms with E-state index in [0.29, 0.717) is 0 Å². The molecular weight excluding hydrogens is 214 g/mol. The fraction of sp³-hybridized carbons (Fsp3) is 1.00. The minimum Gasteiger partial charge on any atom is -0.351 e. The van der Waals surface area contributed by atoms with E-state index in [4.69, 9.17) is 0 Å². The summed E-state index contributed by atoms with van der Waals surface area (Å²) >= 11 is 0. The van der Waals surface area contributed by atoms with Gasteiger partial charge in [0.2, 0.25) is 0 Å². The van der Waals surface area contributed by atoms with Crippen molar-refractivity contribution < 1.29 is 0 Å². The van der Waals surface area contributed by atoms with Gasteiger partial charge in [0.1, 0.15) is 17.2 Å². The third-order valence-corrected chi connectivity index (χ3v) is 13.2. The van der Waals surface area contributed by atoms with Crippen molar-refractivity contribution in [1.29, 1.82) is 0 Å². The normalized spacial score (nSPS) is 14.6. The van der Waals surface area contributed by atoms with Crippen LogP contribution < -0.4 is 0 Å². The van der Waals surface area contributed by atoms with Crippen molar-refractivity contribution >= 4 is 17.2 Å². The Hall–Kier alpha value is 0.394. The Morgan fingerprint density at radius 2 is 1.60 bits per heavy atom. The molecule has 0 spiro atoms. The van der Waals surface area contributed by atoms with Crippen molar-refractivity contribution in [2.24, 2.45) is 0 Å². The second-order valence-electron chi connectivity index (χ2n) is 5.52. The zero-order chi connectivity index (χ0) is 11.9. The molecule has 0 amide bonds. The summed E-state index contributed by atoms with van der Waals surface area (Å²) in [7, 11) is 0.779. The highest BCUT2D eigenvalue weighted by Crippen LogP contribution is 2.20. The summed E-state index contributed by atoms with van der Waals surface area (Å²) in [6.45, 7) is 12.3. The van der Waals surface area contributed by atoms with Crippen molar-refractivity contribution in [3.05, 3.63) is 0 Å². The number of unbranched alkanes of at least 4 members (excludes halogenated alkanes) is 2. The van der Waals surface area contributed by atoms with Crippen LogP contribution in [0.25, 0.3) is 0 Å². The average molecular weight is 246 g/mol. The van der Waals surface area contributed by atoms with Gasteiger partial charge in [0.15, 0.2) is 0 Å². The molecule has 15 heavy (non-hydrogen) atoms. The van der Waals surface area contributed by atoms with Crippen molar-refractivity contribution in [3.63, 3.8) is 0 Å². The summed E-state index contributed by atoms with van der Waals surface area (Å²) in [5.41, 5.74) is 0. The Morgan fingerprint density at radius 3 is 2.07 bits per heavy atom. The first kappa shape index (κ1) is 15.4. The van der Waals surface area contributed by atoms with Crippen LogP contribution in [0.1, 0.15) is 39.5 Å². The van der Waals surface area contributed by atoms with E-state index in [9.17, 15) is 0 Å². The molecule has 0 saturated carbocycles. The molecule has 1 unspecified atom stereocenters. The highest BCUT2D eigenvalue weighted by molar-refractivity contribution is 6.83. The molecule has 0 N–H and O–H groups in total. The maximum atomic E-state index is 2.85. The van der Waals surface area contributed by atoms with E-state index in [2.05, 4.69) is 44.8 Å². The number of nitrogens with zero attached hydrogens (tertiary/aromatic N) is 1.